The van der Waals surface area contributed by atoms with E-state index in [9.17, 15) is 0 Å². The molecule has 0 bridgehead atoms. The first-order valence-corrected chi connectivity index (χ1v) is 7.32. The standard InChI is InChI=1S/C17H25NO2/c1-2-3-11-18(12-14-20)15-17-10-5-4-8-16(17)9-6-7-13-19/h4-5,8,10,19-20H,2-3,7,11-15H2,1H3. The number of rotatable bonds is 8. The summed E-state index contributed by atoms with van der Waals surface area (Å²) in [6, 6.07) is 8.09. The molecule has 0 unspecified atom stereocenters. The molecule has 0 amide bonds. The lowest BCUT2D eigenvalue weighted by Gasteiger charge is -2.21. The summed E-state index contributed by atoms with van der Waals surface area (Å²) in [7, 11) is 0. The summed E-state index contributed by atoms with van der Waals surface area (Å²) in [5.41, 5.74) is 2.20. The Hall–Kier alpha value is -1.34. The van der Waals surface area contributed by atoms with Gasteiger partial charge in [0.15, 0.2) is 0 Å². The number of unbranched alkanes of at least 4 members (excludes halogenated alkanes) is 1. The quantitative estimate of drug-likeness (QED) is 0.713. The van der Waals surface area contributed by atoms with Crippen molar-refractivity contribution in [3.63, 3.8) is 0 Å². The topological polar surface area (TPSA) is 43.7 Å². The molecule has 2 N–H and O–H groups in total. The van der Waals surface area contributed by atoms with Crippen LogP contribution in [0.15, 0.2) is 24.3 Å². The van der Waals surface area contributed by atoms with Gasteiger partial charge in [0.05, 0.1) is 13.2 Å². The minimum Gasteiger partial charge on any atom is -0.395 e. The van der Waals surface area contributed by atoms with Gasteiger partial charge in [-0.1, -0.05) is 43.4 Å². The van der Waals surface area contributed by atoms with Crippen molar-refractivity contribution in [1.29, 1.82) is 0 Å². The fourth-order valence-electron chi connectivity index (χ4n) is 2.03. The van der Waals surface area contributed by atoms with E-state index < -0.39 is 0 Å². The van der Waals surface area contributed by atoms with Crippen molar-refractivity contribution in [3.8, 4) is 11.8 Å². The zero-order valence-electron chi connectivity index (χ0n) is 12.3. The SMILES string of the molecule is CCCCN(CCO)Cc1ccccc1C#CCCO. The van der Waals surface area contributed by atoms with E-state index in [1.807, 2.05) is 18.2 Å². The molecule has 0 aromatic heterocycles. The van der Waals surface area contributed by atoms with Crippen LogP contribution in [-0.2, 0) is 6.54 Å². The first-order valence-electron chi connectivity index (χ1n) is 7.32. The van der Waals surface area contributed by atoms with Gasteiger partial charge >= 0.3 is 0 Å². The van der Waals surface area contributed by atoms with Crippen LogP contribution in [-0.4, -0.2) is 41.4 Å². The van der Waals surface area contributed by atoms with Crippen molar-refractivity contribution in [2.24, 2.45) is 0 Å². The van der Waals surface area contributed by atoms with Crippen LogP contribution in [0.25, 0.3) is 0 Å². The molecule has 0 heterocycles. The van der Waals surface area contributed by atoms with Gasteiger partial charge in [-0.15, -0.1) is 0 Å². The molecule has 0 atom stereocenters. The van der Waals surface area contributed by atoms with Crippen molar-refractivity contribution in [3.05, 3.63) is 35.4 Å². The second kappa shape index (κ2) is 10.4. The van der Waals surface area contributed by atoms with Crippen molar-refractivity contribution in [1.82, 2.24) is 4.90 Å². The van der Waals surface area contributed by atoms with Crippen LogP contribution in [0.2, 0.25) is 0 Å². The van der Waals surface area contributed by atoms with Gasteiger partial charge in [0, 0.05) is 25.1 Å². The normalized spacial score (nSPS) is 10.4. The second-order valence-electron chi connectivity index (χ2n) is 4.79. The fourth-order valence-corrected chi connectivity index (χ4v) is 2.03. The van der Waals surface area contributed by atoms with E-state index in [4.69, 9.17) is 10.2 Å². The highest BCUT2D eigenvalue weighted by molar-refractivity contribution is 5.41. The molecule has 1 rings (SSSR count). The molecular formula is C17H25NO2. The molecule has 0 spiro atoms. The summed E-state index contributed by atoms with van der Waals surface area (Å²) in [4.78, 5) is 2.26. The summed E-state index contributed by atoms with van der Waals surface area (Å²) < 4.78 is 0. The predicted octanol–water partition coefficient (Wildman–Crippen LogP) is 2.01. The van der Waals surface area contributed by atoms with Crippen LogP contribution in [0.3, 0.4) is 0 Å². The maximum absolute atomic E-state index is 9.16. The molecule has 1 aromatic rings. The Bertz CT molecular complexity index is 434. The Balaban J connectivity index is 2.76. The van der Waals surface area contributed by atoms with Gasteiger partial charge in [0.1, 0.15) is 0 Å². The minimum absolute atomic E-state index is 0.0995. The van der Waals surface area contributed by atoms with Gasteiger partial charge in [-0.3, -0.25) is 4.90 Å². The van der Waals surface area contributed by atoms with Gasteiger partial charge < -0.3 is 10.2 Å². The van der Waals surface area contributed by atoms with Crippen LogP contribution >= 0.6 is 0 Å². The van der Waals surface area contributed by atoms with E-state index in [1.54, 1.807) is 0 Å². The minimum atomic E-state index is 0.0995. The number of aliphatic hydroxyl groups is 2. The van der Waals surface area contributed by atoms with E-state index in [1.165, 1.54) is 5.56 Å². The molecule has 0 saturated carbocycles. The second-order valence-corrected chi connectivity index (χ2v) is 4.79. The third-order valence-electron chi connectivity index (χ3n) is 3.12. The van der Waals surface area contributed by atoms with Gasteiger partial charge in [0.25, 0.3) is 0 Å². The van der Waals surface area contributed by atoms with Crippen molar-refractivity contribution < 1.29 is 10.2 Å². The maximum atomic E-state index is 9.16. The average molecular weight is 275 g/mol. The molecule has 0 saturated heterocycles. The number of benzene rings is 1. The summed E-state index contributed by atoms with van der Waals surface area (Å²) in [5, 5.41) is 17.9. The largest absolute Gasteiger partial charge is 0.395 e. The van der Waals surface area contributed by atoms with Gasteiger partial charge in [-0.05, 0) is 24.6 Å². The molecule has 0 aliphatic heterocycles. The molecule has 0 radical (unpaired) electrons. The Kier molecular flexibility index (Phi) is 8.73. The van der Waals surface area contributed by atoms with E-state index in [0.717, 1.165) is 31.5 Å². The highest BCUT2D eigenvalue weighted by atomic mass is 16.3. The van der Waals surface area contributed by atoms with Gasteiger partial charge in [-0.2, -0.15) is 0 Å². The van der Waals surface area contributed by atoms with E-state index in [2.05, 4.69) is 29.7 Å². The Morgan fingerprint density at radius 2 is 1.90 bits per heavy atom. The summed E-state index contributed by atoms with van der Waals surface area (Å²) in [6.07, 6.45) is 2.79. The van der Waals surface area contributed by atoms with Crippen LogP contribution in [0, 0.1) is 11.8 Å². The monoisotopic (exact) mass is 275 g/mol. The van der Waals surface area contributed by atoms with Crippen LogP contribution in [0.1, 0.15) is 37.3 Å². The zero-order chi connectivity index (χ0) is 14.6. The van der Waals surface area contributed by atoms with Crippen LogP contribution in [0.4, 0.5) is 0 Å². The predicted molar refractivity (Wildman–Crippen MR) is 82.3 cm³/mol. The fraction of sp³-hybridized carbons (Fsp3) is 0.529. The number of hydrogen-bond donors (Lipinski definition) is 2. The number of aliphatic hydroxyl groups excluding tert-OH is 2. The molecular weight excluding hydrogens is 250 g/mol. The lowest BCUT2D eigenvalue weighted by Crippen LogP contribution is -2.27. The van der Waals surface area contributed by atoms with Crippen molar-refractivity contribution >= 4 is 0 Å². The summed E-state index contributed by atoms with van der Waals surface area (Å²) in [5.74, 6) is 6.09. The highest BCUT2D eigenvalue weighted by Gasteiger charge is 2.07. The van der Waals surface area contributed by atoms with Crippen LogP contribution < -0.4 is 0 Å². The molecule has 1 aromatic carbocycles. The van der Waals surface area contributed by atoms with E-state index in [-0.39, 0.29) is 13.2 Å². The summed E-state index contributed by atoms with van der Waals surface area (Å²) in [6.45, 7) is 4.95. The molecule has 3 heteroatoms. The molecule has 110 valence electrons. The lowest BCUT2D eigenvalue weighted by molar-refractivity contribution is 0.188. The number of hydrogen-bond acceptors (Lipinski definition) is 3. The van der Waals surface area contributed by atoms with Crippen LogP contribution in [0.5, 0.6) is 0 Å². The molecule has 0 aliphatic rings. The van der Waals surface area contributed by atoms with Gasteiger partial charge in [-0.25, -0.2) is 0 Å². The van der Waals surface area contributed by atoms with Crippen molar-refractivity contribution in [2.45, 2.75) is 32.7 Å². The maximum Gasteiger partial charge on any atom is 0.0558 e. The molecule has 3 nitrogen and oxygen atoms in total. The number of nitrogens with zero attached hydrogens (tertiary/aromatic N) is 1. The van der Waals surface area contributed by atoms with Gasteiger partial charge in [0.2, 0.25) is 0 Å². The van der Waals surface area contributed by atoms with E-state index in [0.29, 0.717) is 13.0 Å². The van der Waals surface area contributed by atoms with E-state index >= 15 is 0 Å². The Morgan fingerprint density at radius 1 is 1.10 bits per heavy atom. The van der Waals surface area contributed by atoms with Crippen molar-refractivity contribution in [2.75, 3.05) is 26.3 Å². The lowest BCUT2D eigenvalue weighted by atomic mass is 10.1. The highest BCUT2D eigenvalue weighted by Crippen LogP contribution is 2.11. The average Bonchev–Trinajstić information content (AvgIpc) is 2.47. The molecule has 0 aliphatic carbocycles. The Morgan fingerprint density at radius 3 is 2.60 bits per heavy atom. The first kappa shape index (κ1) is 16.7. The molecule has 0 fully saturated rings. The summed E-state index contributed by atoms with van der Waals surface area (Å²) >= 11 is 0. The Labute approximate surface area is 122 Å². The first-order chi connectivity index (χ1) is 9.81. The third-order valence-corrected chi connectivity index (χ3v) is 3.12. The zero-order valence-corrected chi connectivity index (χ0v) is 12.3. The molecule has 20 heavy (non-hydrogen) atoms. The third kappa shape index (κ3) is 6.21. The smallest absolute Gasteiger partial charge is 0.0558 e.